The predicted molar refractivity (Wildman–Crippen MR) is 69.2 cm³/mol. The zero-order valence-electron chi connectivity index (χ0n) is 10.5. The number of amides is 1. The average Bonchev–Trinajstić information content (AvgIpc) is 2.67. The normalized spacial score (nSPS) is 11.3. The molecule has 0 radical (unpaired) electrons. The highest BCUT2D eigenvalue weighted by molar-refractivity contribution is 7.80. The molecule has 17 heavy (non-hydrogen) atoms. The Morgan fingerprint density at radius 2 is 2.24 bits per heavy atom. The number of carbonyl (C=O) groups excluding carboxylic acids is 1. The summed E-state index contributed by atoms with van der Waals surface area (Å²) in [6.07, 6.45) is 1.24. The van der Waals surface area contributed by atoms with Gasteiger partial charge in [-0.3, -0.25) is 4.90 Å². The molecule has 0 fully saturated rings. The number of ether oxygens (including phenoxy) is 1. The molecular weight excluding hydrogens is 238 g/mol. The Labute approximate surface area is 107 Å². The zero-order chi connectivity index (χ0) is 12.9. The van der Waals surface area contributed by atoms with Gasteiger partial charge in [0.15, 0.2) is 0 Å². The molecule has 0 aliphatic rings. The largest absolute Gasteiger partial charge is 0.467 e. The maximum Gasteiger partial charge on any atom is 0.410 e. The zero-order valence-corrected chi connectivity index (χ0v) is 11.4. The standard InChI is InChI=1S/C12H19NO3S/c1-12(2,3)16-11(14)13(6-8-17)9-10-5-4-7-15-10/h4-5,7,17H,6,8-9H2,1-3H3. The molecule has 0 bridgehead atoms. The topological polar surface area (TPSA) is 42.7 Å². The highest BCUT2D eigenvalue weighted by Gasteiger charge is 2.22. The molecule has 0 saturated carbocycles. The molecule has 1 amide bonds. The molecule has 1 aromatic heterocycles. The molecular formula is C12H19NO3S. The van der Waals surface area contributed by atoms with E-state index in [0.29, 0.717) is 18.8 Å². The highest BCUT2D eigenvalue weighted by Crippen LogP contribution is 2.13. The average molecular weight is 257 g/mol. The van der Waals surface area contributed by atoms with Crippen LogP contribution in [-0.2, 0) is 11.3 Å². The Bertz CT molecular complexity index is 343. The van der Waals surface area contributed by atoms with Crippen LogP contribution in [0.4, 0.5) is 4.79 Å². The van der Waals surface area contributed by atoms with Crippen molar-refractivity contribution in [3.8, 4) is 0 Å². The fraction of sp³-hybridized carbons (Fsp3) is 0.583. The molecule has 0 N–H and O–H groups in total. The van der Waals surface area contributed by atoms with Crippen molar-refractivity contribution in [2.24, 2.45) is 0 Å². The monoisotopic (exact) mass is 257 g/mol. The van der Waals surface area contributed by atoms with Gasteiger partial charge in [0.05, 0.1) is 12.8 Å². The van der Waals surface area contributed by atoms with Crippen molar-refractivity contribution in [1.82, 2.24) is 4.90 Å². The Morgan fingerprint density at radius 3 is 2.71 bits per heavy atom. The molecule has 0 aromatic carbocycles. The maximum absolute atomic E-state index is 11.9. The van der Waals surface area contributed by atoms with Crippen molar-refractivity contribution >= 4 is 18.7 Å². The molecule has 4 nitrogen and oxygen atoms in total. The second-order valence-corrected chi connectivity index (χ2v) is 5.15. The van der Waals surface area contributed by atoms with E-state index in [4.69, 9.17) is 9.15 Å². The minimum atomic E-state index is -0.491. The molecule has 0 aliphatic carbocycles. The summed E-state index contributed by atoms with van der Waals surface area (Å²) in [5.41, 5.74) is -0.491. The fourth-order valence-corrected chi connectivity index (χ4v) is 1.51. The lowest BCUT2D eigenvalue weighted by atomic mass is 10.2. The maximum atomic E-state index is 11.9. The molecule has 1 heterocycles. The summed E-state index contributed by atoms with van der Waals surface area (Å²) in [5, 5.41) is 0. The Hall–Kier alpha value is -1.10. The SMILES string of the molecule is CC(C)(C)OC(=O)N(CCS)Cc1ccco1. The van der Waals surface area contributed by atoms with Crippen LogP contribution < -0.4 is 0 Å². The van der Waals surface area contributed by atoms with E-state index in [1.165, 1.54) is 0 Å². The first-order valence-electron chi connectivity index (χ1n) is 5.53. The summed E-state index contributed by atoms with van der Waals surface area (Å²) >= 11 is 4.14. The van der Waals surface area contributed by atoms with Gasteiger partial charge in [0.2, 0.25) is 0 Å². The number of hydrogen-bond acceptors (Lipinski definition) is 4. The molecule has 1 aromatic rings. The van der Waals surface area contributed by atoms with Gasteiger partial charge in [-0.15, -0.1) is 0 Å². The van der Waals surface area contributed by atoms with Crippen LogP contribution in [0.2, 0.25) is 0 Å². The van der Waals surface area contributed by atoms with E-state index in [0.717, 1.165) is 5.76 Å². The van der Waals surface area contributed by atoms with Gasteiger partial charge < -0.3 is 9.15 Å². The van der Waals surface area contributed by atoms with Crippen LogP contribution in [0, 0.1) is 0 Å². The van der Waals surface area contributed by atoms with Gasteiger partial charge in [-0.05, 0) is 32.9 Å². The number of carbonyl (C=O) groups is 1. The molecule has 96 valence electrons. The summed E-state index contributed by atoms with van der Waals surface area (Å²) in [7, 11) is 0. The summed E-state index contributed by atoms with van der Waals surface area (Å²) in [5.74, 6) is 1.32. The first-order chi connectivity index (χ1) is 7.92. The van der Waals surface area contributed by atoms with E-state index in [-0.39, 0.29) is 6.09 Å². The lowest BCUT2D eigenvalue weighted by Gasteiger charge is -2.26. The van der Waals surface area contributed by atoms with Crippen LogP contribution in [0.25, 0.3) is 0 Å². The highest BCUT2D eigenvalue weighted by atomic mass is 32.1. The number of furan rings is 1. The number of thiol groups is 1. The van der Waals surface area contributed by atoms with E-state index in [1.807, 2.05) is 26.8 Å². The van der Waals surface area contributed by atoms with E-state index in [9.17, 15) is 4.79 Å². The first kappa shape index (κ1) is 14.0. The van der Waals surface area contributed by atoms with Gasteiger partial charge in [0.25, 0.3) is 0 Å². The number of hydrogen-bond donors (Lipinski definition) is 1. The number of rotatable bonds is 4. The fourth-order valence-electron chi connectivity index (χ4n) is 1.27. The second-order valence-electron chi connectivity index (χ2n) is 4.70. The van der Waals surface area contributed by atoms with Crippen LogP contribution in [0.1, 0.15) is 26.5 Å². The molecule has 1 rings (SSSR count). The minimum Gasteiger partial charge on any atom is -0.467 e. The van der Waals surface area contributed by atoms with Crippen LogP contribution in [0.5, 0.6) is 0 Å². The van der Waals surface area contributed by atoms with Gasteiger partial charge in [0.1, 0.15) is 11.4 Å². The van der Waals surface area contributed by atoms with Gasteiger partial charge in [-0.1, -0.05) is 0 Å². The van der Waals surface area contributed by atoms with Gasteiger partial charge in [-0.25, -0.2) is 4.79 Å². The predicted octanol–water partition coefficient (Wildman–Crippen LogP) is 2.95. The molecule has 0 unspecified atom stereocenters. The van der Waals surface area contributed by atoms with Crippen LogP contribution in [0.15, 0.2) is 22.8 Å². The summed E-state index contributed by atoms with van der Waals surface area (Å²) in [4.78, 5) is 13.5. The van der Waals surface area contributed by atoms with Crippen molar-refractivity contribution < 1.29 is 13.9 Å². The molecule has 5 heteroatoms. The lowest BCUT2D eigenvalue weighted by Crippen LogP contribution is -2.37. The van der Waals surface area contributed by atoms with E-state index in [2.05, 4.69) is 12.6 Å². The van der Waals surface area contributed by atoms with Crippen LogP contribution in [0.3, 0.4) is 0 Å². The summed E-state index contributed by atoms with van der Waals surface area (Å²) in [6.45, 7) is 6.46. The van der Waals surface area contributed by atoms with Crippen molar-refractivity contribution in [1.29, 1.82) is 0 Å². The van der Waals surface area contributed by atoms with Gasteiger partial charge >= 0.3 is 6.09 Å². The summed E-state index contributed by atoms with van der Waals surface area (Å²) in [6, 6.07) is 3.62. The lowest BCUT2D eigenvalue weighted by molar-refractivity contribution is 0.0235. The Kier molecular flexibility index (Phi) is 4.93. The van der Waals surface area contributed by atoms with Crippen LogP contribution >= 0.6 is 12.6 Å². The van der Waals surface area contributed by atoms with Crippen molar-refractivity contribution in [2.75, 3.05) is 12.3 Å². The molecule has 0 saturated heterocycles. The third-order valence-corrected chi connectivity index (χ3v) is 2.15. The quantitative estimate of drug-likeness (QED) is 0.843. The Morgan fingerprint density at radius 1 is 1.53 bits per heavy atom. The van der Waals surface area contributed by atoms with E-state index in [1.54, 1.807) is 17.2 Å². The van der Waals surface area contributed by atoms with Crippen LogP contribution in [-0.4, -0.2) is 28.9 Å². The number of nitrogens with zero attached hydrogens (tertiary/aromatic N) is 1. The van der Waals surface area contributed by atoms with E-state index >= 15 is 0 Å². The van der Waals surface area contributed by atoms with Crippen molar-refractivity contribution in [3.05, 3.63) is 24.2 Å². The third-order valence-electron chi connectivity index (χ3n) is 1.95. The summed E-state index contributed by atoms with van der Waals surface area (Å²) < 4.78 is 10.5. The molecule has 0 aliphatic heterocycles. The van der Waals surface area contributed by atoms with Gasteiger partial charge in [-0.2, -0.15) is 12.6 Å². The molecule has 0 spiro atoms. The molecule has 0 atom stereocenters. The van der Waals surface area contributed by atoms with Crippen molar-refractivity contribution in [3.63, 3.8) is 0 Å². The second kappa shape index (κ2) is 6.00. The van der Waals surface area contributed by atoms with Gasteiger partial charge in [0, 0.05) is 12.3 Å². The van der Waals surface area contributed by atoms with Crippen molar-refractivity contribution in [2.45, 2.75) is 32.9 Å². The minimum absolute atomic E-state index is 0.344. The third kappa shape index (κ3) is 5.17. The Balaban J connectivity index is 2.62. The smallest absolute Gasteiger partial charge is 0.410 e. The van der Waals surface area contributed by atoms with E-state index < -0.39 is 5.60 Å². The first-order valence-corrected chi connectivity index (χ1v) is 6.17.